The highest BCUT2D eigenvalue weighted by Gasteiger charge is 2.28. The zero-order valence-corrected chi connectivity index (χ0v) is 9.72. The maximum atomic E-state index is 10.6. The lowest BCUT2D eigenvalue weighted by Gasteiger charge is -2.34. The number of aromatic carboxylic acids is 1. The van der Waals surface area contributed by atoms with E-state index in [4.69, 9.17) is 9.84 Å². The third kappa shape index (κ3) is 3.01. The lowest BCUT2D eigenvalue weighted by Crippen LogP contribution is -2.44. The van der Waals surface area contributed by atoms with E-state index >= 15 is 0 Å². The lowest BCUT2D eigenvalue weighted by molar-refractivity contribution is 0.0169. The molecule has 92 valence electrons. The van der Waals surface area contributed by atoms with Gasteiger partial charge in [-0.05, 0) is 25.0 Å². The van der Waals surface area contributed by atoms with E-state index in [9.17, 15) is 4.79 Å². The number of methoxy groups -OCH3 is 1. The maximum Gasteiger partial charge on any atom is 0.337 e. The number of nitrogens with one attached hydrogen (secondary N) is 1. The van der Waals surface area contributed by atoms with Crippen LogP contribution in [0.2, 0.25) is 0 Å². The molecule has 17 heavy (non-hydrogen) atoms. The number of carbonyl (C=O) groups is 1. The molecule has 0 amide bonds. The van der Waals surface area contributed by atoms with Gasteiger partial charge in [-0.2, -0.15) is 0 Å². The second-order valence-corrected chi connectivity index (χ2v) is 4.25. The first kappa shape index (κ1) is 12.0. The summed E-state index contributed by atoms with van der Waals surface area (Å²) in [6.45, 7) is 0.668. The van der Waals surface area contributed by atoms with Crippen LogP contribution in [0.15, 0.2) is 18.3 Å². The van der Waals surface area contributed by atoms with Crippen LogP contribution in [0.5, 0.6) is 0 Å². The first-order valence-corrected chi connectivity index (χ1v) is 5.63. The fourth-order valence-electron chi connectivity index (χ4n) is 1.83. The zero-order chi connectivity index (χ0) is 12.3. The summed E-state index contributed by atoms with van der Waals surface area (Å²) in [6, 6.07) is 3.80. The second-order valence-electron chi connectivity index (χ2n) is 4.25. The molecular formula is C12H16N2O3. The molecule has 0 atom stereocenters. The molecule has 1 aliphatic carbocycles. The predicted molar refractivity (Wildman–Crippen MR) is 61.9 cm³/mol. The molecule has 0 spiro atoms. The molecule has 0 bridgehead atoms. The summed E-state index contributed by atoms with van der Waals surface area (Å²) in [5.41, 5.74) is 1.08. The van der Waals surface area contributed by atoms with E-state index in [1.807, 2.05) is 0 Å². The SMILES string of the molecule is COC1CC(NCc2ccc(C(=O)O)cn2)C1. The Morgan fingerprint density at radius 1 is 1.59 bits per heavy atom. The fourth-order valence-corrected chi connectivity index (χ4v) is 1.83. The van der Waals surface area contributed by atoms with E-state index in [-0.39, 0.29) is 5.56 Å². The van der Waals surface area contributed by atoms with Gasteiger partial charge in [0.1, 0.15) is 0 Å². The van der Waals surface area contributed by atoms with Gasteiger partial charge in [-0.1, -0.05) is 0 Å². The molecule has 0 radical (unpaired) electrons. The van der Waals surface area contributed by atoms with Gasteiger partial charge in [-0.25, -0.2) is 4.79 Å². The smallest absolute Gasteiger partial charge is 0.337 e. The first-order chi connectivity index (χ1) is 8.19. The number of ether oxygens (including phenoxy) is 1. The average Bonchev–Trinajstić information content (AvgIpc) is 2.28. The summed E-state index contributed by atoms with van der Waals surface area (Å²) in [5, 5.41) is 12.1. The summed E-state index contributed by atoms with van der Waals surface area (Å²) in [7, 11) is 1.73. The minimum atomic E-state index is -0.945. The summed E-state index contributed by atoms with van der Waals surface area (Å²) in [5.74, 6) is -0.945. The highest BCUT2D eigenvalue weighted by atomic mass is 16.5. The third-order valence-electron chi connectivity index (χ3n) is 3.07. The van der Waals surface area contributed by atoms with Gasteiger partial charge in [0.05, 0.1) is 17.4 Å². The number of rotatable bonds is 5. The van der Waals surface area contributed by atoms with Crippen molar-refractivity contribution in [3.05, 3.63) is 29.6 Å². The number of carboxylic acids is 1. The molecule has 0 aliphatic heterocycles. The highest BCUT2D eigenvalue weighted by Crippen LogP contribution is 2.22. The first-order valence-electron chi connectivity index (χ1n) is 5.63. The van der Waals surface area contributed by atoms with Gasteiger partial charge in [-0.15, -0.1) is 0 Å². The van der Waals surface area contributed by atoms with Crippen LogP contribution in [0.1, 0.15) is 28.9 Å². The van der Waals surface area contributed by atoms with Crippen LogP contribution >= 0.6 is 0 Å². The van der Waals surface area contributed by atoms with Crippen LogP contribution in [0.25, 0.3) is 0 Å². The number of aromatic nitrogens is 1. The molecule has 1 heterocycles. The van der Waals surface area contributed by atoms with Crippen LogP contribution < -0.4 is 5.32 Å². The topological polar surface area (TPSA) is 71.5 Å². The van der Waals surface area contributed by atoms with Crippen molar-refractivity contribution in [3.8, 4) is 0 Å². The molecule has 2 rings (SSSR count). The Morgan fingerprint density at radius 3 is 2.88 bits per heavy atom. The zero-order valence-electron chi connectivity index (χ0n) is 9.72. The van der Waals surface area contributed by atoms with E-state index in [2.05, 4.69) is 10.3 Å². The van der Waals surface area contributed by atoms with Gasteiger partial charge in [0.15, 0.2) is 0 Å². The lowest BCUT2D eigenvalue weighted by atomic mass is 9.89. The summed E-state index contributed by atoms with van der Waals surface area (Å²) in [6.07, 6.45) is 3.83. The predicted octanol–water partition coefficient (Wildman–Crippen LogP) is 1.05. The van der Waals surface area contributed by atoms with Crippen molar-refractivity contribution in [3.63, 3.8) is 0 Å². The summed E-state index contributed by atoms with van der Waals surface area (Å²) >= 11 is 0. The molecule has 0 aromatic carbocycles. The van der Waals surface area contributed by atoms with Crippen molar-refractivity contribution < 1.29 is 14.6 Å². The Hall–Kier alpha value is -1.46. The van der Waals surface area contributed by atoms with E-state index < -0.39 is 5.97 Å². The van der Waals surface area contributed by atoms with Crippen LogP contribution in [0.3, 0.4) is 0 Å². The van der Waals surface area contributed by atoms with Gasteiger partial charge in [0, 0.05) is 25.9 Å². The number of carboxylic acid groups (broad SMARTS) is 1. The van der Waals surface area contributed by atoms with E-state index in [1.165, 1.54) is 6.20 Å². The molecule has 1 aromatic rings. The van der Waals surface area contributed by atoms with Crippen LogP contribution in [-0.2, 0) is 11.3 Å². The van der Waals surface area contributed by atoms with E-state index in [0.717, 1.165) is 18.5 Å². The Labute approximate surface area is 99.8 Å². The maximum absolute atomic E-state index is 10.6. The largest absolute Gasteiger partial charge is 0.478 e. The van der Waals surface area contributed by atoms with Crippen LogP contribution in [0, 0.1) is 0 Å². The minimum Gasteiger partial charge on any atom is -0.478 e. The van der Waals surface area contributed by atoms with Gasteiger partial charge in [0.2, 0.25) is 0 Å². The normalized spacial score (nSPS) is 23.1. The molecule has 1 fully saturated rings. The quantitative estimate of drug-likeness (QED) is 0.799. The number of hydrogen-bond acceptors (Lipinski definition) is 4. The highest BCUT2D eigenvalue weighted by molar-refractivity contribution is 5.87. The molecule has 1 aromatic heterocycles. The number of pyridine rings is 1. The molecule has 1 aliphatic rings. The van der Waals surface area contributed by atoms with Crippen molar-refractivity contribution >= 4 is 5.97 Å². The van der Waals surface area contributed by atoms with Crippen molar-refractivity contribution in [2.24, 2.45) is 0 Å². The minimum absolute atomic E-state index is 0.219. The molecule has 1 saturated carbocycles. The van der Waals surface area contributed by atoms with Gasteiger partial charge >= 0.3 is 5.97 Å². The van der Waals surface area contributed by atoms with Gasteiger partial charge in [0.25, 0.3) is 0 Å². The van der Waals surface area contributed by atoms with Crippen molar-refractivity contribution in [1.82, 2.24) is 10.3 Å². The van der Waals surface area contributed by atoms with E-state index in [1.54, 1.807) is 19.2 Å². The van der Waals surface area contributed by atoms with Crippen molar-refractivity contribution in [2.45, 2.75) is 31.5 Å². The Kier molecular flexibility index (Phi) is 3.71. The summed E-state index contributed by atoms with van der Waals surface area (Å²) < 4.78 is 5.19. The third-order valence-corrected chi connectivity index (χ3v) is 3.07. The molecular weight excluding hydrogens is 220 g/mol. The van der Waals surface area contributed by atoms with Gasteiger partial charge in [-0.3, -0.25) is 4.98 Å². The molecule has 0 unspecified atom stereocenters. The fraction of sp³-hybridized carbons (Fsp3) is 0.500. The molecule has 5 heteroatoms. The van der Waals surface area contributed by atoms with E-state index in [0.29, 0.717) is 18.7 Å². The van der Waals surface area contributed by atoms with Crippen molar-refractivity contribution in [2.75, 3.05) is 7.11 Å². The summed E-state index contributed by atoms with van der Waals surface area (Å²) in [4.78, 5) is 14.7. The van der Waals surface area contributed by atoms with Crippen LogP contribution in [-0.4, -0.2) is 35.3 Å². The van der Waals surface area contributed by atoms with Crippen molar-refractivity contribution in [1.29, 1.82) is 0 Å². The Morgan fingerprint density at radius 2 is 2.35 bits per heavy atom. The number of nitrogens with zero attached hydrogens (tertiary/aromatic N) is 1. The average molecular weight is 236 g/mol. The monoisotopic (exact) mass is 236 g/mol. The van der Waals surface area contributed by atoms with Gasteiger partial charge < -0.3 is 15.2 Å². The Bertz CT molecular complexity index is 385. The molecule has 2 N–H and O–H groups in total. The Balaban J connectivity index is 1.78. The molecule has 5 nitrogen and oxygen atoms in total. The molecule has 0 saturated heterocycles. The number of hydrogen-bond donors (Lipinski definition) is 2. The standard InChI is InChI=1S/C12H16N2O3/c1-17-11-4-10(5-11)14-7-9-3-2-8(6-13-9)12(15)16/h2-3,6,10-11,14H,4-5,7H2,1H3,(H,15,16). The second kappa shape index (κ2) is 5.25. The van der Waals surface area contributed by atoms with Crippen LogP contribution in [0.4, 0.5) is 0 Å².